The lowest BCUT2D eigenvalue weighted by molar-refractivity contribution is 0.0686. The summed E-state index contributed by atoms with van der Waals surface area (Å²) in [6.45, 7) is 2.23. The highest BCUT2D eigenvalue weighted by Gasteiger charge is 2.08. The number of unbranched alkanes of at least 4 members (excludes halogenated alkanes) is 8. The predicted molar refractivity (Wildman–Crippen MR) is 147 cm³/mol. The van der Waals surface area contributed by atoms with E-state index in [0.717, 1.165) is 18.4 Å². The summed E-state index contributed by atoms with van der Waals surface area (Å²) in [5.74, 6) is 6.38. The summed E-state index contributed by atoms with van der Waals surface area (Å²) >= 11 is 0. The van der Waals surface area contributed by atoms with Crippen LogP contribution in [0.1, 0.15) is 91.0 Å². The minimum absolute atomic E-state index is 0.173. The molecule has 0 amide bonds. The molecule has 3 aromatic rings. The number of benzene rings is 3. The first kappa shape index (κ1) is 28.3. The van der Waals surface area contributed by atoms with Crippen molar-refractivity contribution < 1.29 is 29.3 Å². The molecule has 0 spiro atoms. The Morgan fingerprint density at radius 2 is 1.08 bits per heavy atom. The third-order valence-corrected chi connectivity index (χ3v) is 5.94. The Labute approximate surface area is 224 Å². The second-order valence-electron chi connectivity index (χ2n) is 9.08. The molecule has 3 rings (SSSR count). The van der Waals surface area contributed by atoms with E-state index in [-0.39, 0.29) is 11.1 Å². The van der Waals surface area contributed by atoms with Crippen molar-refractivity contribution in [2.45, 2.75) is 64.7 Å². The van der Waals surface area contributed by atoms with Crippen LogP contribution in [-0.2, 0) is 0 Å². The van der Waals surface area contributed by atoms with Gasteiger partial charge in [-0.25, -0.2) is 9.59 Å². The molecule has 6 nitrogen and oxygen atoms in total. The Morgan fingerprint density at radius 1 is 0.632 bits per heavy atom. The second kappa shape index (κ2) is 15.1. The fourth-order valence-electron chi connectivity index (χ4n) is 3.88. The number of aromatic carboxylic acids is 2. The Kier molecular flexibility index (Phi) is 11.3. The minimum Gasteiger partial charge on any atom is -0.478 e. The van der Waals surface area contributed by atoms with Gasteiger partial charge in [-0.3, -0.25) is 0 Å². The third kappa shape index (κ3) is 9.67. The van der Waals surface area contributed by atoms with Gasteiger partial charge >= 0.3 is 11.9 Å². The van der Waals surface area contributed by atoms with Gasteiger partial charge in [-0.1, -0.05) is 63.7 Å². The highest BCUT2D eigenvalue weighted by Crippen LogP contribution is 2.30. The smallest absolute Gasteiger partial charge is 0.335 e. The molecule has 198 valence electrons. The van der Waals surface area contributed by atoms with E-state index in [1.165, 1.54) is 69.2 Å². The Bertz CT molecular complexity index is 1170. The van der Waals surface area contributed by atoms with Gasteiger partial charge in [0, 0.05) is 18.1 Å². The minimum atomic E-state index is -1.00. The van der Waals surface area contributed by atoms with Gasteiger partial charge in [0.15, 0.2) is 0 Å². The van der Waals surface area contributed by atoms with Crippen molar-refractivity contribution in [1.29, 1.82) is 0 Å². The van der Waals surface area contributed by atoms with Crippen molar-refractivity contribution >= 4 is 11.9 Å². The molecular formula is C32H34O6. The molecule has 0 fully saturated rings. The van der Waals surface area contributed by atoms with Crippen molar-refractivity contribution in [2.75, 3.05) is 0 Å². The highest BCUT2D eigenvalue weighted by atomic mass is 16.5. The van der Waals surface area contributed by atoms with E-state index < -0.39 is 11.9 Å². The lowest BCUT2D eigenvalue weighted by Gasteiger charge is -2.11. The molecule has 38 heavy (non-hydrogen) atoms. The highest BCUT2D eigenvalue weighted by molar-refractivity contribution is 5.88. The van der Waals surface area contributed by atoms with E-state index >= 15 is 0 Å². The molecule has 0 unspecified atom stereocenters. The fraction of sp³-hybridized carbons (Fsp3) is 0.312. The number of hydrogen-bond donors (Lipinski definition) is 2. The van der Waals surface area contributed by atoms with E-state index in [1.807, 2.05) is 12.1 Å². The van der Waals surface area contributed by atoms with Crippen LogP contribution in [0.3, 0.4) is 0 Å². The van der Waals surface area contributed by atoms with Crippen LogP contribution in [0.2, 0.25) is 0 Å². The normalized spacial score (nSPS) is 10.3. The molecule has 0 radical (unpaired) electrons. The predicted octanol–water partition coefficient (Wildman–Crippen LogP) is 8.55. The molecule has 0 aliphatic rings. The maximum atomic E-state index is 11.1. The maximum absolute atomic E-state index is 11.1. The van der Waals surface area contributed by atoms with Crippen LogP contribution < -0.4 is 9.47 Å². The lowest BCUT2D eigenvalue weighted by Crippen LogP contribution is -1.96. The standard InChI is InChI=1S/C32H34O6/c1-2-3-4-5-6-7-8-9-10-11-12-24-21-29(37-27-17-13-25(14-18-27)31(33)34)23-30(22-24)38-28-19-15-26(16-20-28)32(35)36/h13-23H,2-10H2,1H3,(H,33,34)(H,35,36). The number of carboxylic acid groups (broad SMARTS) is 2. The monoisotopic (exact) mass is 514 g/mol. The summed E-state index contributed by atoms with van der Waals surface area (Å²) in [5.41, 5.74) is 1.07. The van der Waals surface area contributed by atoms with E-state index in [9.17, 15) is 9.59 Å². The second-order valence-corrected chi connectivity index (χ2v) is 9.08. The molecule has 0 saturated heterocycles. The van der Waals surface area contributed by atoms with Crippen molar-refractivity contribution in [2.24, 2.45) is 0 Å². The van der Waals surface area contributed by atoms with Crippen molar-refractivity contribution in [3.63, 3.8) is 0 Å². The lowest BCUT2D eigenvalue weighted by atomic mass is 10.1. The average Bonchev–Trinajstić information content (AvgIpc) is 2.90. The van der Waals surface area contributed by atoms with Crippen LogP contribution in [-0.4, -0.2) is 22.2 Å². The Hall–Kier alpha value is -4.24. The summed E-state index contributed by atoms with van der Waals surface area (Å²) in [6.07, 6.45) is 10.8. The van der Waals surface area contributed by atoms with Crippen LogP contribution in [0.15, 0.2) is 66.7 Å². The first-order valence-electron chi connectivity index (χ1n) is 13.1. The zero-order valence-corrected chi connectivity index (χ0v) is 21.7. The number of carboxylic acids is 2. The van der Waals surface area contributed by atoms with Crippen LogP contribution in [0.25, 0.3) is 0 Å². The van der Waals surface area contributed by atoms with Gasteiger partial charge in [0.1, 0.15) is 23.0 Å². The largest absolute Gasteiger partial charge is 0.478 e. The number of ether oxygens (including phenoxy) is 2. The first-order valence-corrected chi connectivity index (χ1v) is 13.1. The summed E-state index contributed by atoms with van der Waals surface area (Å²) in [4.78, 5) is 22.2. The van der Waals surface area contributed by atoms with Gasteiger partial charge in [-0.2, -0.15) is 0 Å². The van der Waals surface area contributed by atoms with Gasteiger partial charge in [-0.05, 0) is 67.1 Å². The molecule has 0 saturated carbocycles. The summed E-state index contributed by atoms with van der Waals surface area (Å²) in [5, 5.41) is 18.2. The average molecular weight is 515 g/mol. The number of rotatable bonds is 14. The van der Waals surface area contributed by atoms with Crippen LogP contribution >= 0.6 is 0 Å². The van der Waals surface area contributed by atoms with Crippen molar-refractivity contribution in [3.8, 4) is 34.8 Å². The Balaban J connectivity index is 1.69. The summed E-state index contributed by atoms with van der Waals surface area (Å²) in [6, 6.07) is 17.6. The first-order chi connectivity index (χ1) is 18.4. The summed E-state index contributed by atoms with van der Waals surface area (Å²) < 4.78 is 11.9. The van der Waals surface area contributed by atoms with E-state index in [1.54, 1.807) is 30.3 Å². The molecule has 0 heterocycles. The zero-order chi connectivity index (χ0) is 27.2. The molecule has 0 atom stereocenters. The third-order valence-electron chi connectivity index (χ3n) is 5.94. The summed E-state index contributed by atoms with van der Waals surface area (Å²) in [7, 11) is 0. The molecule has 2 N–H and O–H groups in total. The molecular weight excluding hydrogens is 480 g/mol. The van der Waals surface area contributed by atoms with Crippen molar-refractivity contribution in [3.05, 3.63) is 83.4 Å². The van der Waals surface area contributed by atoms with Gasteiger partial charge < -0.3 is 19.7 Å². The quantitative estimate of drug-likeness (QED) is 0.165. The molecule has 0 aliphatic carbocycles. The zero-order valence-electron chi connectivity index (χ0n) is 21.7. The number of hydrogen-bond acceptors (Lipinski definition) is 4. The fourth-order valence-corrected chi connectivity index (χ4v) is 3.88. The Morgan fingerprint density at radius 3 is 1.53 bits per heavy atom. The van der Waals surface area contributed by atoms with Crippen LogP contribution in [0, 0.1) is 11.8 Å². The SMILES string of the molecule is CCCCCCCCCCC#Cc1cc(Oc2ccc(C(=O)O)cc2)cc(Oc2ccc(C(=O)O)cc2)c1. The van der Waals surface area contributed by atoms with Gasteiger partial charge in [0.25, 0.3) is 0 Å². The number of carbonyl (C=O) groups is 2. The van der Waals surface area contributed by atoms with E-state index in [4.69, 9.17) is 19.7 Å². The molecule has 0 aromatic heterocycles. The van der Waals surface area contributed by atoms with E-state index in [0.29, 0.717) is 23.0 Å². The van der Waals surface area contributed by atoms with Crippen LogP contribution in [0.5, 0.6) is 23.0 Å². The topological polar surface area (TPSA) is 93.1 Å². The van der Waals surface area contributed by atoms with Crippen LogP contribution in [0.4, 0.5) is 0 Å². The van der Waals surface area contributed by atoms with Crippen molar-refractivity contribution in [1.82, 2.24) is 0 Å². The van der Waals surface area contributed by atoms with Gasteiger partial charge in [-0.15, -0.1) is 0 Å². The molecule has 6 heteroatoms. The van der Waals surface area contributed by atoms with Gasteiger partial charge in [0.05, 0.1) is 11.1 Å². The molecule has 0 aliphatic heterocycles. The van der Waals surface area contributed by atoms with E-state index in [2.05, 4.69) is 18.8 Å². The molecule has 3 aromatic carbocycles. The molecule has 0 bridgehead atoms. The van der Waals surface area contributed by atoms with Gasteiger partial charge in [0.2, 0.25) is 0 Å². The maximum Gasteiger partial charge on any atom is 0.335 e.